The summed E-state index contributed by atoms with van der Waals surface area (Å²) >= 11 is 0. The van der Waals surface area contributed by atoms with E-state index in [-0.39, 0.29) is 17.9 Å². The van der Waals surface area contributed by atoms with Gasteiger partial charge in [0.1, 0.15) is 17.3 Å². The van der Waals surface area contributed by atoms with Crippen molar-refractivity contribution in [3.8, 4) is 5.75 Å². The van der Waals surface area contributed by atoms with E-state index in [0.717, 1.165) is 5.56 Å². The number of nitrogens with one attached hydrogen (secondary N) is 1. The average molecular weight is 429 g/mol. The van der Waals surface area contributed by atoms with Crippen LogP contribution in [0.5, 0.6) is 5.75 Å². The van der Waals surface area contributed by atoms with Gasteiger partial charge in [-0.1, -0.05) is 30.3 Å². The largest absolute Gasteiger partial charge is 0.492 e. The Bertz CT molecular complexity index is 1120. The molecule has 30 heavy (non-hydrogen) atoms. The highest BCUT2D eigenvalue weighted by Crippen LogP contribution is 2.29. The van der Waals surface area contributed by atoms with Crippen LogP contribution in [-0.4, -0.2) is 38.6 Å². The molecule has 2 aromatic carbocycles. The zero-order chi connectivity index (χ0) is 21.6. The third-order valence-corrected chi connectivity index (χ3v) is 5.96. The number of esters is 1. The van der Waals surface area contributed by atoms with Gasteiger partial charge in [-0.05, 0) is 50.1 Å². The van der Waals surface area contributed by atoms with Gasteiger partial charge in [0.2, 0.25) is 10.0 Å². The molecule has 0 aliphatic rings. The molecule has 0 fully saturated rings. The zero-order valence-corrected chi connectivity index (χ0v) is 17.7. The number of benzene rings is 2. The Morgan fingerprint density at radius 2 is 1.80 bits per heavy atom. The summed E-state index contributed by atoms with van der Waals surface area (Å²) in [5.41, 5.74) is 1.26. The van der Waals surface area contributed by atoms with Gasteiger partial charge in [0, 0.05) is 11.6 Å². The molecular weight excluding hydrogens is 404 g/mol. The van der Waals surface area contributed by atoms with Crippen LogP contribution < -0.4 is 9.46 Å². The van der Waals surface area contributed by atoms with E-state index >= 15 is 0 Å². The Morgan fingerprint density at radius 3 is 2.50 bits per heavy atom. The lowest BCUT2D eigenvalue weighted by Crippen LogP contribution is -2.43. The summed E-state index contributed by atoms with van der Waals surface area (Å²) in [5.74, 6) is -0.128. The smallest absolute Gasteiger partial charge is 0.324 e. The minimum atomic E-state index is -4.05. The van der Waals surface area contributed by atoms with Gasteiger partial charge < -0.3 is 9.47 Å². The Morgan fingerprint density at radius 1 is 1.03 bits per heavy atom. The predicted molar refractivity (Wildman–Crippen MR) is 114 cm³/mol. The van der Waals surface area contributed by atoms with Crippen molar-refractivity contribution in [1.29, 1.82) is 0 Å². The van der Waals surface area contributed by atoms with E-state index in [1.807, 2.05) is 37.3 Å². The second kappa shape index (κ2) is 9.69. The molecule has 7 nitrogen and oxygen atoms in total. The normalized spacial score (nSPS) is 12.5. The van der Waals surface area contributed by atoms with E-state index in [2.05, 4.69) is 9.71 Å². The van der Waals surface area contributed by atoms with Crippen molar-refractivity contribution >= 4 is 26.9 Å². The first-order chi connectivity index (χ1) is 14.5. The second-order valence-corrected chi connectivity index (χ2v) is 8.19. The molecule has 1 N–H and O–H groups in total. The van der Waals surface area contributed by atoms with Crippen molar-refractivity contribution in [1.82, 2.24) is 9.71 Å². The van der Waals surface area contributed by atoms with Crippen molar-refractivity contribution in [3.63, 3.8) is 0 Å². The topological polar surface area (TPSA) is 94.6 Å². The van der Waals surface area contributed by atoms with Gasteiger partial charge >= 0.3 is 5.97 Å². The lowest BCUT2D eigenvalue weighted by molar-refractivity contribution is -0.145. The molecule has 0 aliphatic heterocycles. The molecule has 0 saturated heterocycles. The average Bonchev–Trinajstić information content (AvgIpc) is 2.74. The van der Waals surface area contributed by atoms with Crippen LogP contribution in [0.3, 0.4) is 0 Å². The molecule has 0 unspecified atom stereocenters. The maximum Gasteiger partial charge on any atom is 0.324 e. The third-order valence-electron chi connectivity index (χ3n) is 4.43. The maximum absolute atomic E-state index is 13.2. The molecule has 158 valence electrons. The van der Waals surface area contributed by atoms with Crippen molar-refractivity contribution in [2.24, 2.45) is 0 Å². The number of aromatic nitrogens is 1. The molecule has 1 atom stereocenters. The van der Waals surface area contributed by atoms with E-state index in [0.29, 0.717) is 23.3 Å². The summed E-state index contributed by atoms with van der Waals surface area (Å²) in [6, 6.07) is 14.5. The van der Waals surface area contributed by atoms with E-state index in [1.165, 1.54) is 6.07 Å². The fourth-order valence-electron chi connectivity index (χ4n) is 3.14. The van der Waals surface area contributed by atoms with Crippen LogP contribution in [0.15, 0.2) is 65.7 Å². The van der Waals surface area contributed by atoms with Crippen LogP contribution in [0.25, 0.3) is 10.9 Å². The quantitative estimate of drug-likeness (QED) is 0.527. The highest BCUT2D eigenvalue weighted by molar-refractivity contribution is 7.89. The van der Waals surface area contributed by atoms with Crippen LogP contribution in [0.2, 0.25) is 0 Å². The first-order valence-corrected chi connectivity index (χ1v) is 11.2. The highest BCUT2D eigenvalue weighted by atomic mass is 32.2. The Kier molecular flexibility index (Phi) is 7.02. The van der Waals surface area contributed by atoms with E-state index < -0.39 is 22.0 Å². The number of sulfonamides is 1. The fraction of sp³-hybridized carbons (Fsp3) is 0.273. The van der Waals surface area contributed by atoms with Crippen LogP contribution in [0.1, 0.15) is 19.4 Å². The van der Waals surface area contributed by atoms with Crippen LogP contribution in [0, 0.1) is 0 Å². The second-order valence-electron chi connectivity index (χ2n) is 6.51. The third kappa shape index (κ3) is 4.95. The van der Waals surface area contributed by atoms with E-state index in [1.54, 1.807) is 31.3 Å². The monoisotopic (exact) mass is 428 g/mol. The molecule has 3 rings (SSSR count). The molecule has 1 heterocycles. The summed E-state index contributed by atoms with van der Waals surface area (Å²) in [6.07, 6.45) is 1.75. The van der Waals surface area contributed by atoms with E-state index in [9.17, 15) is 13.2 Å². The standard InChI is InChI=1S/C22H24N2O5S/c1-3-28-19-12-13-20(17-11-8-14-23-21(17)19)30(26,27)24-18(22(25)29-4-2)15-16-9-6-5-7-10-16/h5-14,18,24H,3-4,15H2,1-2H3/t18-/m0/s1. The number of hydrogen-bond acceptors (Lipinski definition) is 6. The molecule has 0 aliphatic carbocycles. The van der Waals surface area contributed by atoms with Crippen molar-refractivity contribution in [2.45, 2.75) is 31.2 Å². The molecular formula is C22H24N2O5S. The lowest BCUT2D eigenvalue weighted by Gasteiger charge is -2.18. The number of hydrogen-bond donors (Lipinski definition) is 1. The van der Waals surface area contributed by atoms with Gasteiger partial charge in [0.05, 0.1) is 18.1 Å². The number of pyridine rings is 1. The van der Waals surface area contributed by atoms with Crippen LogP contribution >= 0.6 is 0 Å². The fourth-order valence-corrected chi connectivity index (χ4v) is 4.53. The predicted octanol–water partition coefficient (Wildman–Crippen LogP) is 3.09. The van der Waals surface area contributed by atoms with Gasteiger partial charge in [-0.2, -0.15) is 4.72 Å². The SMILES string of the molecule is CCOC(=O)[C@H](Cc1ccccc1)NS(=O)(=O)c1ccc(OCC)c2ncccc12. The molecule has 8 heteroatoms. The molecule has 0 bridgehead atoms. The Balaban J connectivity index is 1.98. The number of carbonyl (C=O) groups excluding carboxylic acids is 1. The van der Waals surface area contributed by atoms with Gasteiger partial charge in [0.25, 0.3) is 0 Å². The summed E-state index contributed by atoms with van der Waals surface area (Å²) < 4.78 is 39.7. The summed E-state index contributed by atoms with van der Waals surface area (Å²) in [6.45, 7) is 4.10. The summed E-state index contributed by atoms with van der Waals surface area (Å²) in [7, 11) is -4.05. The molecule has 3 aromatic rings. The van der Waals surface area contributed by atoms with E-state index in [4.69, 9.17) is 9.47 Å². The number of fused-ring (bicyclic) bond motifs is 1. The number of carbonyl (C=O) groups is 1. The summed E-state index contributed by atoms with van der Waals surface area (Å²) in [4.78, 5) is 16.8. The Labute approximate surface area is 176 Å². The molecule has 0 amide bonds. The van der Waals surface area contributed by atoms with Gasteiger partial charge in [-0.3, -0.25) is 9.78 Å². The van der Waals surface area contributed by atoms with Crippen molar-refractivity contribution in [2.75, 3.05) is 13.2 Å². The minimum absolute atomic E-state index is 0.0245. The molecule has 0 radical (unpaired) electrons. The highest BCUT2D eigenvalue weighted by Gasteiger charge is 2.28. The van der Waals surface area contributed by atoms with Crippen molar-refractivity contribution in [3.05, 3.63) is 66.4 Å². The minimum Gasteiger partial charge on any atom is -0.492 e. The first-order valence-electron chi connectivity index (χ1n) is 9.69. The van der Waals surface area contributed by atoms with Crippen LogP contribution in [0.4, 0.5) is 0 Å². The zero-order valence-electron chi connectivity index (χ0n) is 16.9. The lowest BCUT2D eigenvalue weighted by atomic mass is 10.1. The number of rotatable bonds is 9. The number of nitrogens with zero attached hydrogens (tertiary/aromatic N) is 1. The maximum atomic E-state index is 13.2. The van der Waals surface area contributed by atoms with Crippen molar-refractivity contribution < 1.29 is 22.7 Å². The van der Waals surface area contributed by atoms with Gasteiger partial charge in [-0.15, -0.1) is 0 Å². The Hall–Kier alpha value is -2.97. The van der Waals surface area contributed by atoms with Gasteiger partial charge in [0.15, 0.2) is 0 Å². The van der Waals surface area contributed by atoms with Gasteiger partial charge in [-0.25, -0.2) is 8.42 Å². The molecule has 1 aromatic heterocycles. The first kappa shape index (κ1) is 21.7. The number of ether oxygens (including phenoxy) is 2. The molecule has 0 spiro atoms. The van der Waals surface area contributed by atoms with Crippen LogP contribution in [-0.2, 0) is 26.0 Å². The molecule has 0 saturated carbocycles. The summed E-state index contributed by atoms with van der Waals surface area (Å²) in [5, 5.41) is 0.415.